The summed E-state index contributed by atoms with van der Waals surface area (Å²) in [4.78, 5) is 4.14. The maximum Gasteiger partial charge on any atom is 0.0948 e. The molecule has 1 heterocycles. The zero-order valence-electron chi connectivity index (χ0n) is 9.94. The lowest BCUT2D eigenvalue weighted by Gasteiger charge is -2.08. The van der Waals surface area contributed by atoms with Crippen LogP contribution in [0.4, 0.5) is 0 Å². The molecule has 0 radical (unpaired) electrons. The van der Waals surface area contributed by atoms with Gasteiger partial charge in [0.25, 0.3) is 0 Å². The number of nitrogens with two attached hydrogens (primary N) is 1. The number of imidazole rings is 1. The second-order valence-electron chi connectivity index (χ2n) is 4.10. The number of aromatic nitrogens is 2. The molecule has 96 valence electrons. The van der Waals surface area contributed by atoms with E-state index in [-0.39, 0.29) is 0 Å². The average Bonchev–Trinajstić information content (AvgIpc) is 2.76. The van der Waals surface area contributed by atoms with Gasteiger partial charge in [0.2, 0.25) is 0 Å². The quantitative estimate of drug-likeness (QED) is 0.917. The highest BCUT2D eigenvalue weighted by Gasteiger charge is 2.04. The number of nitrogens with zero attached hydrogens (tertiary/aromatic N) is 2. The van der Waals surface area contributed by atoms with Gasteiger partial charge in [0.1, 0.15) is 0 Å². The summed E-state index contributed by atoms with van der Waals surface area (Å²) in [6, 6.07) is 5.59. The van der Waals surface area contributed by atoms with Crippen molar-refractivity contribution in [2.75, 3.05) is 6.54 Å². The largest absolute Gasteiger partial charge is 0.334 e. The number of benzene rings is 1. The summed E-state index contributed by atoms with van der Waals surface area (Å²) < 4.78 is 2.11. The van der Waals surface area contributed by atoms with Crippen LogP contribution in [-0.4, -0.2) is 16.1 Å². The third kappa shape index (κ3) is 3.25. The summed E-state index contributed by atoms with van der Waals surface area (Å²) in [6.07, 6.45) is 5.38. The van der Waals surface area contributed by atoms with E-state index in [4.69, 9.17) is 28.9 Å². The highest BCUT2D eigenvalue weighted by atomic mass is 35.5. The van der Waals surface area contributed by atoms with E-state index < -0.39 is 0 Å². The van der Waals surface area contributed by atoms with Crippen molar-refractivity contribution >= 4 is 23.2 Å². The van der Waals surface area contributed by atoms with Crippen LogP contribution in [0.3, 0.4) is 0 Å². The first-order valence-corrected chi connectivity index (χ1v) is 6.59. The summed E-state index contributed by atoms with van der Waals surface area (Å²) >= 11 is 12.0. The zero-order valence-corrected chi connectivity index (χ0v) is 11.5. The number of hydrogen-bond acceptors (Lipinski definition) is 2. The van der Waals surface area contributed by atoms with Crippen molar-refractivity contribution in [3.05, 3.63) is 52.0 Å². The summed E-state index contributed by atoms with van der Waals surface area (Å²) in [5, 5.41) is 1.37. The molecule has 0 saturated heterocycles. The Bertz CT molecular complexity index is 523. The van der Waals surface area contributed by atoms with E-state index in [1.165, 1.54) is 0 Å². The first-order valence-electron chi connectivity index (χ1n) is 5.83. The molecule has 0 fully saturated rings. The highest BCUT2D eigenvalue weighted by molar-refractivity contribution is 6.35. The van der Waals surface area contributed by atoms with Gasteiger partial charge in [0, 0.05) is 34.9 Å². The van der Waals surface area contributed by atoms with Gasteiger partial charge >= 0.3 is 0 Å². The van der Waals surface area contributed by atoms with Crippen LogP contribution in [0.25, 0.3) is 0 Å². The Kier molecular flexibility index (Phi) is 4.64. The van der Waals surface area contributed by atoms with Crippen LogP contribution in [0.1, 0.15) is 11.3 Å². The lowest BCUT2D eigenvalue weighted by Crippen LogP contribution is -2.09. The van der Waals surface area contributed by atoms with E-state index in [1.807, 2.05) is 24.7 Å². The first-order chi connectivity index (χ1) is 8.70. The normalized spacial score (nSPS) is 10.8. The van der Waals surface area contributed by atoms with Crippen LogP contribution in [0.15, 0.2) is 30.7 Å². The van der Waals surface area contributed by atoms with Crippen molar-refractivity contribution in [2.45, 2.75) is 19.4 Å². The predicted molar refractivity (Wildman–Crippen MR) is 75.2 cm³/mol. The molecule has 0 bridgehead atoms. The maximum atomic E-state index is 6.14. The molecule has 1 aromatic carbocycles. The fraction of sp³-hybridized carbons (Fsp3) is 0.308. The first kappa shape index (κ1) is 13.4. The second kappa shape index (κ2) is 6.23. The maximum absolute atomic E-state index is 6.14. The monoisotopic (exact) mass is 283 g/mol. The summed E-state index contributed by atoms with van der Waals surface area (Å²) in [7, 11) is 0. The van der Waals surface area contributed by atoms with Gasteiger partial charge < -0.3 is 10.3 Å². The minimum absolute atomic E-state index is 0.632. The van der Waals surface area contributed by atoms with E-state index in [0.29, 0.717) is 16.6 Å². The summed E-state index contributed by atoms with van der Waals surface area (Å²) in [5.41, 5.74) is 7.81. The van der Waals surface area contributed by atoms with E-state index in [9.17, 15) is 0 Å². The van der Waals surface area contributed by atoms with Gasteiger partial charge in [-0.2, -0.15) is 0 Å². The van der Waals surface area contributed by atoms with Crippen LogP contribution in [0.5, 0.6) is 0 Å². The molecule has 0 aliphatic heterocycles. The second-order valence-corrected chi connectivity index (χ2v) is 4.95. The Morgan fingerprint density at radius 2 is 2.06 bits per heavy atom. The fourth-order valence-electron chi connectivity index (χ4n) is 1.87. The van der Waals surface area contributed by atoms with Gasteiger partial charge in [-0.15, -0.1) is 0 Å². The average molecular weight is 284 g/mol. The number of hydrogen-bond donors (Lipinski definition) is 1. The van der Waals surface area contributed by atoms with Crippen LogP contribution in [0, 0.1) is 0 Å². The number of rotatable bonds is 5. The van der Waals surface area contributed by atoms with Gasteiger partial charge in [-0.25, -0.2) is 4.98 Å². The Balaban J connectivity index is 2.04. The Hall–Kier alpha value is -1.03. The minimum Gasteiger partial charge on any atom is -0.334 e. The molecule has 2 rings (SSSR count). The van der Waals surface area contributed by atoms with Gasteiger partial charge in [0.15, 0.2) is 0 Å². The molecule has 0 aliphatic rings. The fourth-order valence-corrected chi connectivity index (χ4v) is 2.37. The van der Waals surface area contributed by atoms with Crippen LogP contribution < -0.4 is 5.73 Å². The van der Waals surface area contributed by atoms with E-state index in [1.54, 1.807) is 6.07 Å². The SMILES string of the molecule is NCCc1cncn1CCc1ccc(Cl)cc1Cl. The smallest absolute Gasteiger partial charge is 0.0948 e. The molecule has 5 heteroatoms. The highest BCUT2D eigenvalue weighted by Crippen LogP contribution is 2.21. The summed E-state index contributed by atoms with van der Waals surface area (Å²) in [5.74, 6) is 0. The molecule has 0 amide bonds. The van der Waals surface area contributed by atoms with Crippen LogP contribution in [0.2, 0.25) is 10.0 Å². The van der Waals surface area contributed by atoms with Gasteiger partial charge in [-0.1, -0.05) is 29.3 Å². The van der Waals surface area contributed by atoms with E-state index in [2.05, 4.69) is 9.55 Å². The van der Waals surface area contributed by atoms with Crippen molar-refractivity contribution in [3.63, 3.8) is 0 Å². The van der Waals surface area contributed by atoms with Crippen molar-refractivity contribution in [1.29, 1.82) is 0 Å². The third-order valence-corrected chi connectivity index (χ3v) is 3.42. The van der Waals surface area contributed by atoms with Gasteiger partial charge in [-0.3, -0.25) is 0 Å². The third-order valence-electron chi connectivity index (χ3n) is 2.84. The van der Waals surface area contributed by atoms with Crippen molar-refractivity contribution in [2.24, 2.45) is 5.73 Å². The standard InChI is InChI=1S/C13H15Cl2N3/c14-11-2-1-10(13(15)7-11)4-6-18-9-17-8-12(18)3-5-16/h1-2,7-9H,3-6,16H2. The molecule has 3 nitrogen and oxygen atoms in total. The predicted octanol–water partition coefficient (Wildman–Crippen LogP) is 2.93. The Morgan fingerprint density at radius 1 is 1.22 bits per heavy atom. The van der Waals surface area contributed by atoms with Crippen molar-refractivity contribution < 1.29 is 0 Å². The molecule has 1 aromatic heterocycles. The van der Waals surface area contributed by atoms with Crippen molar-refractivity contribution in [3.8, 4) is 0 Å². The summed E-state index contributed by atoms with van der Waals surface area (Å²) in [6.45, 7) is 1.48. The van der Waals surface area contributed by atoms with E-state index in [0.717, 1.165) is 30.6 Å². The minimum atomic E-state index is 0.632. The molecule has 2 N–H and O–H groups in total. The van der Waals surface area contributed by atoms with Crippen LogP contribution in [-0.2, 0) is 19.4 Å². The molecule has 0 aliphatic carbocycles. The molecule has 18 heavy (non-hydrogen) atoms. The molecular formula is C13H15Cl2N3. The van der Waals surface area contributed by atoms with Gasteiger partial charge in [0.05, 0.1) is 6.33 Å². The lowest BCUT2D eigenvalue weighted by atomic mass is 10.1. The zero-order chi connectivity index (χ0) is 13.0. The Labute approximate surface area is 117 Å². The molecule has 0 atom stereocenters. The van der Waals surface area contributed by atoms with Crippen molar-refractivity contribution in [1.82, 2.24) is 9.55 Å². The molecule has 0 saturated carbocycles. The molecule has 0 spiro atoms. The Morgan fingerprint density at radius 3 is 2.78 bits per heavy atom. The molecule has 2 aromatic rings. The van der Waals surface area contributed by atoms with E-state index >= 15 is 0 Å². The van der Waals surface area contributed by atoms with Gasteiger partial charge in [-0.05, 0) is 30.7 Å². The molecular weight excluding hydrogens is 269 g/mol. The lowest BCUT2D eigenvalue weighted by molar-refractivity contribution is 0.658. The number of halogens is 2. The number of aryl methyl sites for hydroxylation is 2. The molecule has 0 unspecified atom stereocenters. The van der Waals surface area contributed by atoms with Crippen LogP contribution >= 0.6 is 23.2 Å². The topological polar surface area (TPSA) is 43.8 Å².